The normalized spacial score (nSPS) is 21.0. The quantitative estimate of drug-likeness (QED) is 0.901. The Kier molecular flexibility index (Phi) is 5.00. The van der Waals surface area contributed by atoms with Gasteiger partial charge >= 0.3 is 0 Å². The van der Waals surface area contributed by atoms with Gasteiger partial charge in [-0.05, 0) is 39.5 Å². The predicted octanol–water partition coefficient (Wildman–Crippen LogP) is 3.62. The Bertz CT molecular complexity index is 686. The number of hydrogen-bond donors (Lipinski definition) is 2. The Morgan fingerprint density at radius 2 is 1.88 bits per heavy atom. The van der Waals surface area contributed by atoms with Crippen LogP contribution in [0.15, 0.2) is 36.4 Å². The maximum atomic E-state index is 12.6. The van der Waals surface area contributed by atoms with E-state index in [1.807, 2.05) is 54.9 Å². The van der Waals surface area contributed by atoms with E-state index in [1.54, 1.807) is 0 Å². The molecule has 1 saturated carbocycles. The van der Waals surface area contributed by atoms with Gasteiger partial charge < -0.3 is 10.4 Å². The molecule has 1 fully saturated rings. The van der Waals surface area contributed by atoms with Gasteiger partial charge in [0.2, 0.25) is 5.91 Å². The van der Waals surface area contributed by atoms with Crippen LogP contribution in [0.4, 0.5) is 5.82 Å². The third-order valence-electron chi connectivity index (χ3n) is 4.61. The lowest BCUT2D eigenvalue weighted by Gasteiger charge is -2.24. The van der Waals surface area contributed by atoms with Crippen molar-refractivity contribution in [3.63, 3.8) is 0 Å². The molecule has 1 heterocycles. The number of amides is 1. The number of carbonyl (C=O) groups is 1. The highest BCUT2D eigenvalue weighted by Gasteiger charge is 2.26. The van der Waals surface area contributed by atoms with Gasteiger partial charge in [0.1, 0.15) is 5.82 Å². The maximum Gasteiger partial charge on any atom is 0.228 e. The van der Waals surface area contributed by atoms with E-state index in [2.05, 4.69) is 10.4 Å². The minimum atomic E-state index is -0.250. The lowest BCUT2D eigenvalue weighted by atomic mass is 9.87. The Morgan fingerprint density at radius 1 is 1.21 bits per heavy atom. The molecule has 128 valence electrons. The third-order valence-corrected chi connectivity index (χ3v) is 4.61. The minimum Gasteiger partial charge on any atom is -0.393 e. The van der Waals surface area contributed by atoms with E-state index in [1.165, 1.54) is 0 Å². The van der Waals surface area contributed by atoms with E-state index in [0.29, 0.717) is 12.8 Å². The molecule has 1 aromatic heterocycles. The molecule has 5 heteroatoms. The first-order valence-corrected chi connectivity index (χ1v) is 8.68. The lowest BCUT2D eigenvalue weighted by molar-refractivity contribution is -0.121. The van der Waals surface area contributed by atoms with Crippen molar-refractivity contribution in [1.29, 1.82) is 0 Å². The number of rotatable bonds is 4. The fourth-order valence-corrected chi connectivity index (χ4v) is 3.20. The zero-order chi connectivity index (χ0) is 17.1. The highest BCUT2D eigenvalue weighted by molar-refractivity contribution is 5.92. The Hall–Kier alpha value is -2.14. The average molecular weight is 327 g/mol. The summed E-state index contributed by atoms with van der Waals surface area (Å²) in [6.45, 7) is 4.10. The average Bonchev–Trinajstić information content (AvgIpc) is 3.00. The summed E-state index contributed by atoms with van der Waals surface area (Å²) in [4.78, 5) is 12.6. The first-order valence-electron chi connectivity index (χ1n) is 8.68. The van der Waals surface area contributed by atoms with Crippen LogP contribution >= 0.6 is 0 Å². The summed E-state index contributed by atoms with van der Waals surface area (Å²) in [5.74, 6) is 0.743. The SMILES string of the molecule is CC(C)n1nc(-c2ccccc2)cc1NC(=O)C1CCC(O)CC1. The highest BCUT2D eigenvalue weighted by Crippen LogP contribution is 2.28. The van der Waals surface area contributed by atoms with Crippen molar-refractivity contribution in [3.8, 4) is 11.3 Å². The Morgan fingerprint density at radius 3 is 2.50 bits per heavy atom. The predicted molar refractivity (Wildman–Crippen MR) is 94.6 cm³/mol. The van der Waals surface area contributed by atoms with Crippen LogP contribution in [-0.4, -0.2) is 26.9 Å². The van der Waals surface area contributed by atoms with Gasteiger partial charge in [-0.25, -0.2) is 4.68 Å². The van der Waals surface area contributed by atoms with E-state index in [4.69, 9.17) is 0 Å². The second-order valence-corrected chi connectivity index (χ2v) is 6.81. The number of carbonyl (C=O) groups excluding carboxylic acids is 1. The van der Waals surface area contributed by atoms with E-state index < -0.39 is 0 Å². The van der Waals surface area contributed by atoms with Crippen LogP contribution in [0.1, 0.15) is 45.6 Å². The van der Waals surface area contributed by atoms with Gasteiger partial charge in [-0.15, -0.1) is 0 Å². The van der Waals surface area contributed by atoms with Gasteiger partial charge in [-0.1, -0.05) is 30.3 Å². The van der Waals surface area contributed by atoms with Crippen LogP contribution in [0.2, 0.25) is 0 Å². The number of aliphatic hydroxyl groups is 1. The highest BCUT2D eigenvalue weighted by atomic mass is 16.3. The summed E-state index contributed by atoms with van der Waals surface area (Å²) in [6, 6.07) is 12.1. The first kappa shape index (κ1) is 16.7. The van der Waals surface area contributed by atoms with Gasteiger partial charge in [0.25, 0.3) is 0 Å². The van der Waals surface area contributed by atoms with Crippen LogP contribution in [0.3, 0.4) is 0 Å². The monoisotopic (exact) mass is 327 g/mol. The maximum absolute atomic E-state index is 12.6. The molecule has 24 heavy (non-hydrogen) atoms. The van der Waals surface area contributed by atoms with Crippen LogP contribution in [0, 0.1) is 5.92 Å². The van der Waals surface area contributed by atoms with Crippen molar-refractivity contribution < 1.29 is 9.90 Å². The van der Waals surface area contributed by atoms with E-state index in [9.17, 15) is 9.90 Å². The largest absolute Gasteiger partial charge is 0.393 e. The summed E-state index contributed by atoms with van der Waals surface area (Å²) in [5, 5.41) is 17.3. The topological polar surface area (TPSA) is 67.2 Å². The summed E-state index contributed by atoms with van der Waals surface area (Å²) in [5.41, 5.74) is 1.90. The molecule has 2 aromatic rings. The zero-order valence-electron chi connectivity index (χ0n) is 14.3. The Balaban J connectivity index is 1.79. The summed E-state index contributed by atoms with van der Waals surface area (Å²) in [6.07, 6.45) is 2.65. The van der Waals surface area contributed by atoms with Crippen LogP contribution < -0.4 is 5.32 Å². The molecule has 0 radical (unpaired) electrons. The third kappa shape index (κ3) is 3.67. The first-order chi connectivity index (χ1) is 11.5. The molecule has 1 aromatic carbocycles. The van der Waals surface area contributed by atoms with E-state index in [-0.39, 0.29) is 24.0 Å². The summed E-state index contributed by atoms with van der Waals surface area (Å²) < 4.78 is 1.86. The van der Waals surface area contributed by atoms with E-state index in [0.717, 1.165) is 29.9 Å². The number of anilines is 1. The molecule has 2 N–H and O–H groups in total. The second-order valence-electron chi connectivity index (χ2n) is 6.81. The zero-order valence-corrected chi connectivity index (χ0v) is 14.3. The van der Waals surface area contributed by atoms with Crippen molar-refractivity contribution >= 4 is 11.7 Å². The van der Waals surface area contributed by atoms with Crippen LogP contribution in [0.25, 0.3) is 11.3 Å². The molecule has 0 saturated heterocycles. The van der Waals surface area contributed by atoms with Gasteiger partial charge in [-0.3, -0.25) is 4.79 Å². The molecule has 1 aliphatic rings. The number of aliphatic hydroxyl groups excluding tert-OH is 1. The molecule has 0 atom stereocenters. The fraction of sp³-hybridized carbons (Fsp3) is 0.474. The fourth-order valence-electron chi connectivity index (χ4n) is 3.20. The molecule has 0 aliphatic heterocycles. The number of aromatic nitrogens is 2. The van der Waals surface area contributed by atoms with Crippen molar-refractivity contribution in [2.45, 2.75) is 51.7 Å². The van der Waals surface area contributed by atoms with Crippen LogP contribution in [0.5, 0.6) is 0 Å². The molecular formula is C19H25N3O2. The summed E-state index contributed by atoms with van der Waals surface area (Å²) in [7, 11) is 0. The minimum absolute atomic E-state index is 0.0240. The standard InChI is InChI=1S/C19H25N3O2/c1-13(2)22-18(12-17(21-22)14-6-4-3-5-7-14)20-19(24)15-8-10-16(23)11-9-15/h3-7,12-13,15-16,23H,8-11H2,1-2H3,(H,20,24). The molecule has 3 rings (SSSR count). The Labute approximate surface area is 142 Å². The molecule has 1 aliphatic carbocycles. The van der Waals surface area contributed by atoms with Crippen molar-refractivity contribution in [2.24, 2.45) is 5.92 Å². The summed E-state index contributed by atoms with van der Waals surface area (Å²) >= 11 is 0. The molecular weight excluding hydrogens is 302 g/mol. The number of nitrogens with one attached hydrogen (secondary N) is 1. The number of hydrogen-bond acceptors (Lipinski definition) is 3. The van der Waals surface area contributed by atoms with Crippen LogP contribution in [-0.2, 0) is 4.79 Å². The molecule has 1 amide bonds. The molecule has 0 spiro atoms. The number of benzene rings is 1. The van der Waals surface area contributed by atoms with Gasteiger partial charge in [-0.2, -0.15) is 5.10 Å². The molecule has 5 nitrogen and oxygen atoms in total. The molecule has 0 bridgehead atoms. The molecule has 0 unspecified atom stereocenters. The van der Waals surface area contributed by atoms with Crippen molar-refractivity contribution in [3.05, 3.63) is 36.4 Å². The van der Waals surface area contributed by atoms with Crippen molar-refractivity contribution in [2.75, 3.05) is 5.32 Å². The van der Waals surface area contributed by atoms with Gasteiger partial charge in [0.15, 0.2) is 0 Å². The smallest absolute Gasteiger partial charge is 0.228 e. The second kappa shape index (κ2) is 7.18. The van der Waals surface area contributed by atoms with E-state index >= 15 is 0 Å². The van der Waals surface area contributed by atoms with Gasteiger partial charge in [0, 0.05) is 23.6 Å². The van der Waals surface area contributed by atoms with Crippen molar-refractivity contribution in [1.82, 2.24) is 9.78 Å². The lowest BCUT2D eigenvalue weighted by Crippen LogP contribution is -2.29. The number of nitrogens with zero attached hydrogens (tertiary/aromatic N) is 2. The van der Waals surface area contributed by atoms with Gasteiger partial charge in [0.05, 0.1) is 11.8 Å².